The molecule has 0 aliphatic carbocycles. The number of halogens is 1. The number of ether oxygens (including phenoxy) is 1. The molecule has 3 amide bonds. The van der Waals surface area contributed by atoms with E-state index in [0.717, 1.165) is 46.3 Å². The summed E-state index contributed by atoms with van der Waals surface area (Å²) in [5, 5.41) is 15.2. The molecule has 2 aliphatic heterocycles. The Kier molecular flexibility index (Phi) is 13.6. The lowest BCUT2D eigenvalue weighted by Gasteiger charge is -2.32. The number of aliphatic imine (C=N–C) groups is 1. The molecule has 3 heterocycles. The van der Waals surface area contributed by atoms with E-state index in [1.54, 1.807) is 18.2 Å². The lowest BCUT2D eigenvalue weighted by atomic mass is 9.88. The summed E-state index contributed by atoms with van der Waals surface area (Å²) >= 11 is 6.26. The molecule has 61 heavy (non-hydrogen) atoms. The molecule has 1 fully saturated rings. The van der Waals surface area contributed by atoms with Crippen LogP contribution >= 0.6 is 11.6 Å². The Balaban J connectivity index is 0.963. The van der Waals surface area contributed by atoms with Gasteiger partial charge in [0.1, 0.15) is 17.6 Å². The summed E-state index contributed by atoms with van der Waals surface area (Å²) < 4.78 is 7.99. The van der Waals surface area contributed by atoms with Crippen molar-refractivity contribution in [3.8, 4) is 11.4 Å². The van der Waals surface area contributed by atoms with Gasteiger partial charge in [0.15, 0.2) is 12.4 Å². The first-order valence-corrected chi connectivity index (χ1v) is 24.2. The van der Waals surface area contributed by atoms with Crippen molar-refractivity contribution in [3.05, 3.63) is 147 Å². The van der Waals surface area contributed by atoms with Gasteiger partial charge in [0.2, 0.25) is 20.1 Å². The normalized spacial score (nSPS) is 15.4. The Morgan fingerprint density at radius 1 is 0.918 bits per heavy atom. The summed E-state index contributed by atoms with van der Waals surface area (Å²) in [7, 11) is -2.31. The molecule has 1 saturated heterocycles. The molecular formula is C47H52ClN7O5Si. The van der Waals surface area contributed by atoms with Crippen molar-refractivity contribution >= 4 is 49.4 Å². The van der Waals surface area contributed by atoms with Gasteiger partial charge < -0.3 is 25.1 Å². The second-order valence-corrected chi connectivity index (χ2v) is 20.2. The summed E-state index contributed by atoms with van der Waals surface area (Å²) in [4.78, 5) is 56.5. The van der Waals surface area contributed by atoms with Crippen LogP contribution in [-0.2, 0) is 27.3 Å². The van der Waals surface area contributed by atoms with E-state index < -0.39 is 14.4 Å². The number of fused-ring (bicyclic) bond motifs is 3. The fourth-order valence-corrected chi connectivity index (χ4v) is 8.52. The van der Waals surface area contributed by atoms with Crippen LogP contribution in [0.1, 0.15) is 83.2 Å². The molecule has 4 aromatic carbocycles. The largest absolute Gasteiger partial charge is 0.484 e. The fraction of sp³-hybridized carbons (Fsp3) is 0.319. The van der Waals surface area contributed by atoms with Gasteiger partial charge in [-0.1, -0.05) is 84.0 Å². The highest BCUT2D eigenvalue weighted by Crippen LogP contribution is 2.35. The summed E-state index contributed by atoms with van der Waals surface area (Å²) in [5.41, 5.74) is 8.97. The Morgan fingerprint density at radius 3 is 2.43 bits per heavy atom. The van der Waals surface area contributed by atoms with Crippen LogP contribution in [0.4, 0.5) is 0 Å². The molecular weight excluding hydrogens is 806 g/mol. The Labute approximate surface area is 362 Å². The highest BCUT2D eigenvalue weighted by atomic mass is 35.5. The van der Waals surface area contributed by atoms with Crippen molar-refractivity contribution in [2.75, 3.05) is 26.2 Å². The molecule has 1 aromatic heterocycles. The average Bonchev–Trinajstić information content (AvgIpc) is 3.57. The fourth-order valence-electron chi connectivity index (χ4n) is 7.80. The highest BCUT2D eigenvalue weighted by Gasteiger charge is 2.30. The maximum Gasteiger partial charge on any atom is 0.258 e. The van der Waals surface area contributed by atoms with Crippen molar-refractivity contribution in [2.45, 2.75) is 71.1 Å². The van der Waals surface area contributed by atoms with Gasteiger partial charge in [0.25, 0.3) is 5.91 Å². The van der Waals surface area contributed by atoms with E-state index in [2.05, 4.69) is 33.0 Å². The zero-order valence-corrected chi connectivity index (χ0v) is 36.8. The summed E-state index contributed by atoms with van der Waals surface area (Å²) in [6.07, 6.45) is 4.11. The number of aryl methyl sites for hydroxylation is 1. The van der Waals surface area contributed by atoms with Gasteiger partial charge in [-0.05, 0) is 98.3 Å². The third kappa shape index (κ3) is 11.1. The second kappa shape index (κ2) is 19.2. The van der Waals surface area contributed by atoms with Crippen LogP contribution in [0.5, 0.6) is 5.75 Å². The van der Waals surface area contributed by atoms with Gasteiger partial charge in [-0.3, -0.25) is 23.9 Å². The van der Waals surface area contributed by atoms with Crippen LogP contribution in [0.25, 0.3) is 11.8 Å². The maximum atomic E-state index is 13.3. The number of nitrogens with one attached hydrogen (secondary N) is 2. The molecule has 0 radical (unpaired) electrons. The number of hydrogen-bond donors (Lipinski definition) is 3. The number of amides is 3. The monoisotopic (exact) mass is 857 g/mol. The number of carbonyl (C=O) groups is 3. The third-order valence-electron chi connectivity index (χ3n) is 10.9. The number of likely N-dealkylation sites (tertiary alicyclic amines) is 1. The van der Waals surface area contributed by atoms with Crippen molar-refractivity contribution in [1.29, 1.82) is 0 Å². The predicted molar refractivity (Wildman–Crippen MR) is 240 cm³/mol. The van der Waals surface area contributed by atoms with Crippen LogP contribution in [0, 0.1) is 6.92 Å². The number of carbonyl (C=O) groups excluding carboxylic acids is 3. The zero-order valence-electron chi connectivity index (χ0n) is 35.0. The van der Waals surface area contributed by atoms with Crippen LogP contribution in [-0.4, -0.2) is 82.5 Å². The summed E-state index contributed by atoms with van der Waals surface area (Å²) in [6, 6.07) is 28.5. The molecule has 5 aromatic rings. The van der Waals surface area contributed by atoms with Crippen LogP contribution in [0.2, 0.25) is 18.1 Å². The van der Waals surface area contributed by atoms with Gasteiger partial charge in [0, 0.05) is 42.3 Å². The van der Waals surface area contributed by atoms with E-state index in [1.807, 2.05) is 109 Å². The molecule has 0 saturated carbocycles. The van der Waals surface area contributed by atoms with Crippen molar-refractivity contribution in [1.82, 2.24) is 30.3 Å². The Morgan fingerprint density at radius 2 is 1.67 bits per heavy atom. The number of rotatable bonds is 14. The minimum absolute atomic E-state index is 0.0893. The average molecular weight is 859 g/mol. The first-order valence-electron chi connectivity index (χ1n) is 20.8. The minimum Gasteiger partial charge on any atom is -0.484 e. The second-order valence-electron chi connectivity index (χ2n) is 16.2. The number of aromatic nitrogens is 3. The third-order valence-corrected chi connectivity index (χ3v) is 12.1. The molecule has 0 unspecified atom stereocenters. The zero-order chi connectivity index (χ0) is 43.1. The van der Waals surface area contributed by atoms with E-state index >= 15 is 0 Å². The minimum atomic E-state index is -2.31. The number of nitrogens with zero attached hydrogens (tertiary/aromatic N) is 5. The maximum absolute atomic E-state index is 13.3. The first-order chi connectivity index (χ1) is 29.3. The first kappa shape index (κ1) is 43.2. The van der Waals surface area contributed by atoms with Crippen molar-refractivity contribution < 1.29 is 23.9 Å². The Bertz CT molecular complexity index is 2450. The number of piperidine rings is 1. The molecule has 3 N–H and O–H groups in total. The van der Waals surface area contributed by atoms with Gasteiger partial charge in [-0.2, -0.15) is 0 Å². The van der Waals surface area contributed by atoms with Gasteiger partial charge in [0.05, 0.1) is 24.2 Å². The van der Waals surface area contributed by atoms with Gasteiger partial charge in [-0.25, -0.2) is 0 Å². The topological polar surface area (TPSA) is 151 Å². The highest BCUT2D eigenvalue weighted by molar-refractivity contribution is 6.75. The van der Waals surface area contributed by atoms with E-state index in [0.29, 0.717) is 66.7 Å². The molecule has 2 aliphatic rings. The molecule has 12 nitrogen and oxygen atoms in total. The molecule has 316 valence electrons. The Hall–Kier alpha value is -5.89. The van der Waals surface area contributed by atoms with E-state index in [4.69, 9.17) is 21.3 Å². The van der Waals surface area contributed by atoms with Crippen LogP contribution < -0.4 is 15.4 Å². The molecule has 7 rings (SSSR count). The SMILES string of the molecule is CCNC(=O)C[C@@H]1N=C(c2ccc(Cl)cc2)c2cc(OCC(=O)NCc3cccc(C4CCN(C(=O)Cc5cccc(/C=C/[Si](C)(C)O)c5)CC4)c3)ccc2-n2c(C)nnc21. The smallest absolute Gasteiger partial charge is 0.258 e. The van der Waals surface area contributed by atoms with E-state index in [1.165, 1.54) is 5.56 Å². The van der Waals surface area contributed by atoms with Gasteiger partial charge in [-0.15, -0.1) is 10.2 Å². The van der Waals surface area contributed by atoms with E-state index in [9.17, 15) is 19.2 Å². The molecule has 0 spiro atoms. The lowest BCUT2D eigenvalue weighted by molar-refractivity contribution is -0.131. The summed E-state index contributed by atoms with van der Waals surface area (Å²) in [5.74, 6) is 1.71. The van der Waals surface area contributed by atoms with Crippen LogP contribution in [0.15, 0.2) is 102 Å². The van der Waals surface area contributed by atoms with E-state index in [-0.39, 0.29) is 30.7 Å². The molecule has 0 bridgehead atoms. The van der Waals surface area contributed by atoms with Crippen LogP contribution in [0.3, 0.4) is 0 Å². The van der Waals surface area contributed by atoms with Gasteiger partial charge >= 0.3 is 0 Å². The number of benzene rings is 4. The molecule has 14 heteroatoms. The lowest BCUT2D eigenvalue weighted by Crippen LogP contribution is -2.38. The number of hydrogen-bond acceptors (Lipinski definition) is 8. The predicted octanol–water partition coefficient (Wildman–Crippen LogP) is 7.04. The van der Waals surface area contributed by atoms with Crippen molar-refractivity contribution in [2.24, 2.45) is 4.99 Å². The molecule has 1 atom stereocenters. The van der Waals surface area contributed by atoms with Crippen molar-refractivity contribution in [3.63, 3.8) is 0 Å². The standard InChI is InChI=1S/C47H52ClN7O5Si/c1-5-49-43(56)28-41-47-53-52-31(2)55(47)42-17-16-39(27-40(42)46(51-41)36-12-14-38(48)15-13-36)60-30-44(57)50-29-34-10-7-11-37(25-34)35-18-21-54(22-19-35)45(58)26-33-9-6-8-32(24-33)20-23-61(3,4)59/h6-17,20,23-25,27,35,41,59H,5,18-19,21-22,26,28-30H2,1-4H3,(H,49,56)(H,50,57)/b23-20+/t41-/m0/s1. The quantitative estimate of drug-likeness (QED) is 0.101. The summed E-state index contributed by atoms with van der Waals surface area (Å²) in [6.45, 7) is 9.50.